The number of hydrogen-bond acceptors (Lipinski definition) is 7. The second-order valence-electron chi connectivity index (χ2n) is 8.09. The average Bonchev–Trinajstić information content (AvgIpc) is 2.82. The second kappa shape index (κ2) is 10.4. The molecule has 0 radical (unpaired) electrons. The van der Waals surface area contributed by atoms with Crippen LogP contribution >= 0.6 is 11.6 Å². The van der Waals surface area contributed by atoms with Gasteiger partial charge in [0, 0.05) is 31.8 Å². The van der Waals surface area contributed by atoms with Crippen molar-refractivity contribution in [3.05, 3.63) is 53.3 Å². The molecule has 1 aliphatic rings. The number of hydrogen-bond donors (Lipinski definition) is 1. The van der Waals surface area contributed by atoms with Gasteiger partial charge in [-0.05, 0) is 43.2 Å². The van der Waals surface area contributed by atoms with E-state index in [1.54, 1.807) is 0 Å². The summed E-state index contributed by atoms with van der Waals surface area (Å²) in [6.45, 7) is -1.45. The number of sulfonamides is 2. The summed E-state index contributed by atoms with van der Waals surface area (Å²) < 4.78 is 136. The summed E-state index contributed by atoms with van der Waals surface area (Å²) in [4.78, 5) is -2.20. The molecule has 37 heavy (non-hydrogen) atoms. The smallest absolute Gasteiger partial charge is 0.377 e. The highest BCUT2D eigenvalue weighted by atomic mass is 35.5. The summed E-state index contributed by atoms with van der Waals surface area (Å²) in [6, 6.07) is 7.37. The second-order valence-corrected chi connectivity index (χ2v) is 14.1. The van der Waals surface area contributed by atoms with Crippen LogP contribution in [0.3, 0.4) is 0 Å². The van der Waals surface area contributed by atoms with Crippen LogP contribution < -0.4 is 4.72 Å². The predicted molar refractivity (Wildman–Crippen MR) is 124 cm³/mol. The molecule has 1 saturated heterocycles. The van der Waals surface area contributed by atoms with E-state index in [0.29, 0.717) is 0 Å². The highest BCUT2D eigenvalue weighted by Crippen LogP contribution is 2.35. The Morgan fingerprint density at radius 3 is 2.11 bits per heavy atom. The van der Waals surface area contributed by atoms with E-state index in [9.17, 15) is 42.8 Å². The van der Waals surface area contributed by atoms with E-state index in [0.717, 1.165) is 41.7 Å². The number of alkyl halides is 3. The summed E-state index contributed by atoms with van der Waals surface area (Å²) in [5.74, 6) is -1.10. The van der Waals surface area contributed by atoms with Gasteiger partial charge in [-0.3, -0.25) is 0 Å². The van der Waals surface area contributed by atoms with E-state index in [2.05, 4.69) is 0 Å². The molecule has 2 aromatic carbocycles. The highest BCUT2D eigenvalue weighted by Gasteiger charge is 2.48. The summed E-state index contributed by atoms with van der Waals surface area (Å²) in [5.41, 5.74) is -6.99. The van der Waals surface area contributed by atoms with Crippen molar-refractivity contribution in [1.29, 1.82) is 0 Å². The van der Waals surface area contributed by atoms with E-state index in [1.165, 1.54) is 16.9 Å². The van der Waals surface area contributed by atoms with Crippen LogP contribution in [0.5, 0.6) is 0 Å². The third kappa shape index (κ3) is 5.94. The minimum absolute atomic E-state index is 0.122. The molecule has 0 amide bonds. The summed E-state index contributed by atoms with van der Waals surface area (Å²) in [6.07, 6.45) is -0.432. The van der Waals surface area contributed by atoms with E-state index in [4.69, 9.17) is 16.3 Å². The quantitative estimate of drug-likeness (QED) is 0.457. The highest BCUT2D eigenvalue weighted by molar-refractivity contribution is 7.93. The van der Waals surface area contributed by atoms with E-state index in [1.807, 2.05) is 0 Å². The van der Waals surface area contributed by atoms with Gasteiger partial charge < -0.3 is 4.74 Å². The molecule has 1 aliphatic heterocycles. The zero-order valence-corrected chi connectivity index (χ0v) is 22.2. The molecule has 9 nitrogen and oxygen atoms in total. The first-order chi connectivity index (χ1) is 17.0. The fourth-order valence-corrected chi connectivity index (χ4v) is 8.15. The minimum atomic E-state index is -5.66. The first kappa shape index (κ1) is 29.7. The fraction of sp³-hybridized carbons (Fsp3) is 0.400. The molecule has 0 aromatic heterocycles. The van der Waals surface area contributed by atoms with Gasteiger partial charge in [0.1, 0.15) is 15.6 Å². The molecule has 0 atom stereocenters. The van der Waals surface area contributed by atoms with Crippen LogP contribution in [0.4, 0.5) is 17.6 Å². The Morgan fingerprint density at radius 1 is 0.973 bits per heavy atom. The summed E-state index contributed by atoms with van der Waals surface area (Å²) in [7, 11) is -13.7. The molecule has 1 heterocycles. The van der Waals surface area contributed by atoms with E-state index < -0.39 is 68.0 Å². The lowest BCUT2D eigenvalue weighted by molar-refractivity contribution is -0.0514. The number of rotatable bonds is 8. The molecular formula is C20H21ClF4N2O7S3. The Kier molecular flexibility index (Phi) is 8.35. The van der Waals surface area contributed by atoms with Crippen molar-refractivity contribution in [3.63, 3.8) is 0 Å². The first-order valence-electron chi connectivity index (χ1n) is 10.4. The number of methoxy groups -OCH3 is 1. The van der Waals surface area contributed by atoms with Gasteiger partial charge in [0.05, 0.1) is 10.5 Å². The molecule has 1 N–H and O–H groups in total. The Hall–Kier alpha value is -1.82. The van der Waals surface area contributed by atoms with E-state index in [-0.39, 0.29) is 31.0 Å². The molecule has 0 aliphatic carbocycles. The van der Waals surface area contributed by atoms with Crippen LogP contribution in [0.2, 0.25) is 5.02 Å². The number of ether oxygens (including phenoxy) is 1. The maximum Gasteiger partial charge on any atom is 0.511 e. The molecule has 0 bridgehead atoms. The van der Waals surface area contributed by atoms with Crippen LogP contribution in [0.15, 0.2) is 57.2 Å². The number of piperidine rings is 1. The first-order valence-corrected chi connectivity index (χ1v) is 15.2. The van der Waals surface area contributed by atoms with Gasteiger partial charge in [-0.25, -0.2) is 34.4 Å². The lowest BCUT2D eigenvalue weighted by atomic mass is 9.92. The third-order valence-corrected chi connectivity index (χ3v) is 11.2. The number of nitrogens with one attached hydrogen (secondary N) is 1. The van der Waals surface area contributed by atoms with Crippen molar-refractivity contribution < 1.29 is 47.6 Å². The molecule has 206 valence electrons. The normalized spacial score (nSPS) is 17.6. The molecular weight excluding hydrogens is 588 g/mol. The number of benzene rings is 2. The maximum absolute atomic E-state index is 14.3. The SMILES string of the molecule is COC1(CNS(=O)(=O)C(F)(F)F)CCN(S(=O)(=O)c2ccc(Cl)cc2S(=O)(=O)c2ccccc2F)CC1. The van der Waals surface area contributed by atoms with Crippen LogP contribution in [-0.4, -0.2) is 67.4 Å². The fourth-order valence-electron chi connectivity index (χ4n) is 3.72. The zero-order valence-electron chi connectivity index (χ0n) is 19.0. The standard InChI is InChI=1S/C20H21ClF4N2O7S3/c1-34-19(13-26-37(32,33)20(23,24)25)8-10-27(11-9-19)36(30,31)17-7-6-14(21)12-18(17)35(28,29)16-5-3-2-4-15(16)22/h2-7,12,26H,8-11,13H2,1H3. The van der Waals surface area contributed by atoms with Gasteiger partial charge >= 0.3 is 15.5 Å². The monoisotopic (exact) mass is 608 g/mol. The Labute approximate surface area is 216 Å². The van der Waals surface area contributed by atoms with Crippen LogP contribution in [0.25, 0.3) is 0 Å². The number of halogens is 5. The van der Waals surface area contributed by atoms with Crippen molar-refractivity contribution in [3.8, 4) is 0 Å². The Morgan fingerprint density at radius 2 is 1.57 bits per heavy atom. The minimum Gasteiger partial charge on any atom is -0.377 e. The van der Waals surface area contributed by atoms with Crippen molar-refractivity contribution >= 4 is 41.5 Å². The van der Waals surface area contributed by atoms with Crippen LogP contribution in [0.1, 0.15) is 12.8 Å². The number of nitrogens with zero attached hydrogens (tertiary/aromatic N) is 1. The lowest BCUT2D eigenvalue weighted by Crippen LogP contribution is -2.54. The van der Waals surface area contributed by atoms with Gasteiger partial charge in [0.15, 0.2) is 0 Å². The lowest BCUT2D eigenvalue weighted by Gasteiger charge is -2.40. The molecule has 0 saturated carbocycles. The van der Waals surface area contributed by atoms with Gasteiger partial charge in [-0.15, -0.1) is 0 Å². The predicted octanol–water partition coefficient (Wildman–Crippen LogP) is 2.92. The van der Waals surface area contributed by atoms with Gasteiger partial charge in [-0.2, -0.15) is 17.5 Å². The summed E-state index contributed by atoms with van der Waals surface area (Å²) in [5, 5.41) is -0.122. The number of sulfone groups is 1. The Balaban J connectivity index is 1.91. The van der Waals surface area contributed by atoms with Gasteiger partial charge in [0.2, 0.25) is 19.9 Å². The summed E-state index contributed by atoms with van der Waals surface area (Å²) >= 11 is 5.93. The molecule has 0 unspecified atom stereocenters. The van der Waals surface area contributed by atoms with Crippen molar-refractivity contribution in [2.75, 3.05) is 26.7 Å². The molecule has 2 aromatic rings. The average molecular weight is 609 g/mol. The van der Waals surface area contributed by atoms with Crippen LogP contribution in [-0.2, 0) is 34.6 Å². The van der Waals surface area contributed by atoms with Gasteiger partial charge in [-0.1, -0.05) is 23.7 Å². The Bertz CT molecular complexity index is 1490. The molecule has 0 spiro atoms. The van der Waals surface area contributed by atoms with Crippen LogP contribution in [0, 0.1) is 5.82 Å². The van der Waals surface area contributed by atoms with Gasteiger partial charge in [0.25, 0.3) is 0 Å². The molecule has 3 rings (SSSR count). The molecule has 17 heteroatoms. The maximum atomic E-state index is 14.3. The largest absolute Gasteiger partial charge is 0.511 e. The van der Waals surface area contributed by atoms with Crippen molar-refractivity contribution in [1.82, 2.24) is 9.03 Å². The van der Waals surface area contributed by atoms with Crippen molar-refractivity contribution in [2.45, 2.75) is 38.6 Å². The topological polar surface area (TPSA) is 127 Å². The van der Waals surface area contributed by atoms with E-state index >= 15 is 0 Å². The zero-order chi connectivity index (χ0) is 27.9. The third-order valence-electron chi connectivity index (χ3n) is 5.89. The molecule has 1 fully saturated rings. The van der Waals surface area contributed by atoms with Crippen molar-refractivity contribution in [2.24, 2.45) is 0 Å².